The second-order valence-electron chi connectivity index (χ2n) is 5.87. The highest BCUT2D eigenvalue weighted by Gasteiger charge is 2.24. The molecule has 3 nitrogen and oxygen atoms in total. The highest BCUT2D eigenvalue weighted by Crippen LogP contribution is 2.35. The van der Waals surface area contributed by atoms with Gasteiger partial charge in [0, 0.05) is 24.1 Å². The van der Waals surface area contributed by atoms with Crippen molar-refractivity contribution in [3.05, 3.63) is 29.8 Å². The van der Waals surface area contributed by atoms with Crippen LogP contribution in [0.15, 0.2) is 24.3 Å². The number of fused-ring (bicyclic) bond motifs is 1. The van der Waals surface area contributed by atoms with Gasteiger partial charge in [-0.05, 0) is 32.0 Å². The maximum Gasteiger partial charge on any atom is 0.124 e. The summed E-state index contributed by atoms with van der Waals surface area (Å²) in [6.45, 7) is 6.23. The number of benzene rings is 1. The van der Waals surface area contributed by atoms with Crippen molar-refractivity contribution in [2.24, 2.45) is 11.7 Å². The molecule has 2 unspecified atom stereocenters. The van der Waals surface area contributed by atoms with Gasteiger partial charge in [0.2, 0.25) is 0 Å². The number of hydrogen-bond acceptors (Lipinski definition) is 3. The molecule has 1 aliphatic rings. The van der Waals surface area contributed by atoms with E-state index in [4.69, 9.17) is 10.5 Å². The largest absolute Gasteiger partial charge is 0.493 e. The van der Waals surface area contributed by atoms with Gasteiger partial charge < -0.3 is 10.5 Å². The molecule has 19 heavy (non-hydrogen) atoms. The van der Waals surface area contributed by atoms with Crippen molar-refractivity contribution in [1.29, 1.82) is 0 Å². The van der Waals surface area contributed by atoms with Crippen LogP contribution >= 0.6 is 0 Å². The average Bonchev–Trinajstić information content (AvgIpc) is 2.43. The van der Waals surface area contributed by atoms with E-state index in [-0.39, 0.29) is 6.04 Å². The zero-order valence-corrected chi connectivity index (χ0v) is 12.3. The first-order valence-corrected chi connectivity index (χ1v) is 7.27. The van der Waals surface area contributed by atoms with Crippen LogP contribution in [0.2, 0.25) is 0 Å². The molecular formula is C16H26N2O. The summed E-state index contributed by atoms with van der Waals surface area (Å²) in [5.74, 6) is 1.59. The van der Waals surface area contributed by atoms with Gasteiger partial charge in [0.05, 0.1) is 6.61 Å². The molecule has 2 N–H and O–H groups in total. The zero-order chi connectivity index (χ0) is 13.8. The van der Waals surface area contributed by atoms with Crippen molar-refractivity contribution in [1.82, 2.24) is 4.90 Å². The minimum absolute atomic E-state index is 0.289. The van der Waals surface area contributed by atoms with E-state index in [1.807, 2.05) is 6.07 Å². The van der Waals surface area contributed by atoms with Crippen LogP contribution in [-0.2, 0) is 0 Å². The second kappa shape index (κ2) is 6.40. The van der Waals surface area contributed by atoms with Crippen molar-refractivity contribution in [2.45, 2.75) is 38.8 Å². The molecule has 0 bridgehead atoms. The molecule has 3 heteroatoms. The van der Waals surface area contributed by atoms with Gasteiger partial charge >= 0.3 is 0 Å². The van der Waals surface area contributed by atoms with E-state index in [1.165, 1.54) is 5.56 Å². The molecule has 1 aliphatic heterocycles. The fourth-order valence-electron chi connectivity index (χ4n) is 2.62. The molecule has 0 aliphatic carbocycles. The molecule has 0 amide bonds. The Bertz CT molecular complexity index is 405. The van der Waals surface area contributed by atoms with Crippen molar-refractivity contribution >= 4 is 0 Å². The Labute approximate surface area is 116 Å². The average molecular weight is 262 g/mol. The number of para-hydroxylation sites is 1. The van der Waals surface area contributed by atoms with Gasteiger partial charge in [-0.2, -0.15) is 0 Å². The Hall–Kier alpha value is -1.06. The Balaban J connectivity index is 1.99. The summed E-state index contributed by atoms with van der Waals surface area (Å²) >= 11 is 0. The molecule has 2 atom stereocenters. The third kappa shape index (κ3) is 3.48. The van der Waals surface area contributed by atoms with Crippen LogP contribution < -0.4 is 10.5 Å². The fourth-order valence-corrected chi connectivity index (χ4v) is 2.62. The minimum atomic E-state index is 0.289. The monoisotopic (exact) mass is 262 g/mol. The summed E-state index contributed by atoms with van der Waals surface area (Å²) < 4.78 is 5.72. The Morgan fingerprint density at radius 3 is 2.84 bits per heavy atom. The SMILES string of the molecule is CC(C)C(N)CCN(C)C1CCOc2ccccc21. The molecule has 0 saturated carbocycles. The van der Waals surface area contributed by atoms with Gasteiger partial charge in [-0.15, -0.1) is 0 Å². The lowest BCUT2D eigenvalue weighted by Crippen LogP contribution is -2.35. The molecule has 0 fully saturated rings. The van der Waals surface area contributed by atoms with Gasteiger partial charge in [-0.3, -0.25) is 4.90 Å². The van der Waals surface area contributed by atoms with E-state index >= 15 is 0 Å². The summed E-state index contributed by atoms with van der Waals surface area (Å²) in [5, 5.41) is 0. The first-order valence-electron chi connectivity index (χ1n) is 7.27. The molecule has 0 aromatic heterocycles. The predicted molar refractivity (Wildman–Crippen MR) is 79.4 cm³/mol. The topological polar surface area (TPSA) is 38.5 Å². The van der Waals surface area contributed by atoms with Gasteiger partial charge in [-0.25, -0.2) is 0 Å². The number of nitrogens with two attached hydrogens (primary N) is 1. The van der Waals surface area contributed by atoms with Crippen LogP contribution in [0.5, 0.6) is 5.75 Å². The fraction of sp³-hybridized carbons (Fsp3) is 0.625. The first-order chi connectivity index (χ1) is 9.09. The van der Waals surface area contributed by atoms with Gasteiger partial charge in [0.15, 0.2) is 0 Å². The number of nitrogens with zero attached hydrogens (tertiary/aromatic N) is 1. The molecule has 106 valence electrons. The van der Waals surface area contributed by atoms with Gasteiger partial charge in [0.1, 0.15) is 5.75 Å². The van der Waals surface area contributed by atoms with E-state index in [9.17, 15) is 0 Å². The van der Waals surface area contributed by atoms with E-state index in [2.05, 4.69) is 44.0 Å². The summed E-state index contributed by atoms with van der Waals surface area (Å²) in [7, 11) is 2.19. The lowest BCUT2D eigenvalue weighted by molar-refractivity contribution is 0.160. The Morgan fingerprint density at radius 2 is 2.11 bits per heavy atom. The van der Waals surface area contributed by atoms with Crippen LogP contribution in [0.4, 0.5) is 0 Å². The van der Waals surface area contributed by atoms with E-state index in [0.717, 1.165) is 31.7 Å². The Kier molecular flexibility index (Phi) is 4.83. The van der Waals surface area contributed by atoms with Crippen molar-refractivity contribution in [2.75, 3.05) is 20.2 Å². The lowest BCUT2D eigenvalue weighted by Gasteiger charge is -2.34. The standard InChI is InChI=1S/C16H26N2O/c1-12(2)14(17)8-10-18(3)15-9-11-19-16-7-5-4-6-13(15)16/h4-7,12,14-15H,8-11,17H2,1-3H3. The van der Waals surface area contributed by atoms with Crippen molar-refractivity contribution < 1.29 is 4.74 Å². The molecule has 0 spiro atoms. The first kappa shape index (κ1) is 14.4. The van der Waals surface area contributed by atoms with E-state index < -0.39 is 0 Å². The second-order valence-corrected chi connectivity index (χ2v) is 5.87. The predicted octanol–water partition coefficient (Wildman–Crippen LogP) is 2.82. The van der Waals surface area contributed by atoms with Gasteiger partial charge in [-0.1, -0.05) is 32.0 Å². The van der Waals surface area contributed by atoms with Crippen LogP contribution in [-0.4, -0.2) is 31.1 Å². The van der Waals surface area contributed by atoms with Crippen molar-refractivity contribution in [3.8, 4) is 5.75 Å². The van der Waals surface area contributed by atoms with Crippen LogP contribution in [0.25, 0.3) is 0 Å². The molecule has 1 aromatic carbocycles. The molecule has 1 aromatic rings. The maximum absolute atomic E-state index is 6.14. The lowest BCUT2D eigenvalue weighted by atomic mass is 9.97. The number of hydrogen-bond donors (Lipinski definition) is 1. The van der Waals surface area contributed by atoms with Gasteiger partial charge in [0.25, 0.3) is 0 Å². The maximum atomic E-state index is 6.14. The summed E-state index contributed by atoms with van der Waals surface area (Å²) in [5.41, 5.74) is 7.45. The quantitative estimate of drug-likeness (QED) is 0.887. The molecule has 2 rings (SSSR count). The molecule has 0 radical (unpaired) electrons. The van der Waals surface area contributed by atoms with Crippen molar-refractivity contribution in [3.63, 3.8) is 0 Å². The normalized spacial score (nSPS) is 20.2. The van der Waals surface area contributed by atoms with E-state index in [1.54, 1.807) is 0 Å². The highest BCUT2D eigenvalue weighted by atomic mass is 16.5. The number of rotatable bonds is 5. The molecule has 1 heterocycles. The zero-order valence-electron chi connectivity index (χ0n) is 12.3. The van der Waals surface area contributed by atoms with Crippen LogP contribution in [0.3, 0.4) is 0 Å². The summed E-state index contributed by atoms with van der Waals surface area (Å²) in [6, 6.07) is 9.12. The summed E-state index contributed by atoms with van der Waals surface area (Å²) in [4.78, 5) is 2.42. The Morgan fingerprint density at radius 1 is 1.37 bits per heavy atom. The highest BCUT2D eigenvalue weighted by molar-refractivity contribution is 5.37. The van der Waals surface area contributed by atoms with Crippen LogP contribution in [0, 0.1) is 5.92 Å². The smallest absolute Gasteiger partial charge is 0.124 e. The molecular weight excluding hydrogens is 236 g/mol. The molecule has 0 saturated heterocycles. The third-order valence-corrected chi connectivity index (χ3v) is 4.13. The van der Waals surface area contributed by atoms with E-state index in [0.29, 0.717) is 12.0 Å². The third-order valence-electron chi connectivity index (χ3n) is 4.13. The summed E-state index contributed by atoms with van der Waals surface area (Å²) in [6.07, 6.45) is 2.11. The van der Waals surface area contributed by atoms with Crippen LogP contribution in [0.1, 0.15) is 38.3 Å². The minimum Gasteiger partial charge on any atom is -0.493 e. The number of ether oxygens (including phenoxy) is 1.